The molecule has 7 heteroatoms. The summed E-state index contributed by atoms with van der Waals surface area (Å²) in [6.45, 7) is 3.71. The van der Waals surface area contributed by atoms with Gasteiger partial charge in [0.05, 0.1) is 25.9 Å². The standard InChI is InChI=1S/C22H24F2N2O3/c23-19-6-4-16(13-20(19)24)5-7-22(28)25-21(15-27)18-3-1-2-17(12-18)14-26-8-10-29-11-9-26/h1-7,12-13,21,27H,8-11,14-15H2,(H,25,28)/b7-5+/t21-/m0/s1. The molecule has 1 heterocycles. The van der Waals surface area contributed by atoms with E-state index in [1.807, 2.05) is 24.3 Å². The fraction of sp³-hybridized carbons (Fsp3) is 0.318. The van der Waals surface area contributed by atoms with Crippen LogP contribution in [0.3, 0.4) is 0 Å². The summed E-state index contributed by atoms with van der Waals surface area (Å²) in [7, 11) is 0. The number of halogens is 2. The Balaban J connectivity index is 1.62. The van der Waals surface area contributed by atoms with Gasteiger partial charge < -0.3 is 15.2 Å². The number of nitrogens with one attached hydrogen (secondary N) is 1. The number of hydrogen-bond acceptors (Lipinski definition) is 4. The minimum absolute atomic E-state index is 0.258. The number of carbonyl (C=O) groups excluding carboxylic acids is 1. The van der Waals surface area contributed by atoms with Crippen molar-refractivity contribution in [1.82, 2.24) is 10.2 Å². The average Bonchev–Trinajstić information content (AvgIpc) is 2.74. The summed E-state index contributed by atoms with van der Waals surface area (Å²) in [6, 6.07) is 10.6. The first kappa shape index (κ1) is 21.1. The number of morpholine rings is 1. The summed E-state index contributed by atoms with van der Waals surface area (Å²) >= 11 is 0. The summed E-state index contributed by atoms with van der Waals surface area (Å²) < 4.78 is 31.6. The number of carbonyl (C=O) groups is 1. The van der Waals surface area contributed by atoms with Crippen molar-refractivity contribution in [3.63, 3.8) is 0 Å². The molecule has 1 atom stereocenters. The predicted molar refractivity (Wildman–Crippen MR) is 106 cm³/mol. The van der Waals surface area contributed by atoms with Gasteiger partial charge in [0, 0.05) is 25.7 Å². The maximum absolute atomic E-state index is 13.2. The van der Waals surface area contributed by atoms with Crippen LogP contribution in [0.4, 0.5) is 8.78 Å². The monoisotopic (exact) mass is 402 g/mol. The van der Waals surface area contributed by atoms with Gasteiger partial charge in [-0.2, -0.15) is 0 Å². The fourth-order valence-electron chi connectivity index (χ4n) is 3.17. The quantitative estimate of drug-likeness (QED) is 0.699. The topological polar surface area (TPSA) is 61.8 Å². The molecule has 2 N–H and O–H groups in total. The maximum atomic E-state index is 13.2. The van der Waals surface area contributed by atoms with Crippen LogP contribution in [0.5, 0.6) is 0 Å². The molecule has 2 aromatic carbocycles. The number of nitrogens with zero attached hydrogens (tertiary/aromatic N) is 1. The van der Waals surface area contributed by atoms with E-state index >= 15 is 0 Å². The highest BCUT2D eigenvalue weighted by Gasteiger charge is 2.15. The smallest absolute Gasteiger partial charge is 0.244 e. The normalized spacial score (nSPS) is 16.1. The highest BCUT2D eigenvalue weighted by atomic mass is 19.2. The van der Waals surface area contributed by atoms with Gasteiger partial charge in [-0.25, -0.2) is 8.78 Å². The number of amides is 1. The summed E-state index contributed by atoms with van der Waals surface area (Å²) in [5.74, 6) is -2.35. The zero-order valence-electron chi connectivity index (χ0n) is 16.0. The van der Waals surface area contributed by atoms with Gasteiger partial charge in [-0.05, 0) is 34.9 Å². The van der Waals surface area contributed by atoms with E-state index in [2.05, 4.69) is 10.2 Å². The molecule has 0 unspecified atom stereocenters. The minimum atomic E-state index is -0.974. The first-order valence-corrected chi connectivity index (χ1v) is 9.48. The zero-order chi connectivity index (χ0) is 20.6. The number of rotatable bonds is 7. The number of benzene rings is 2. The molecule has 29 heavy (non-hydrogen) atoms. The van der Waals surface area contributed by atoms with Crippen molar-refractivity contribution < 1.29 is 23.4 Å². The molecule has 0 aromatic heterocycles. The number of aliphatic hydroxyl groups is 1. The van der Waals surface area contributed by atoms with Crippen LogP contribution >= 0.6 is 0 Å². The SMILES string of the molecule is O=C(/C=C/c1ccc(F)c(F)c1)N[C@@H](CO)c1cccc(CN2CCOCC2)c1. The molecule has 1 aliphatic heterocycles. The van der Waals surface area contributed by atoms with Gasteiger partial charge in [-0.1, -0.05) is 30.3 Å². The van der Waals surface area contributed by atoms with Crippen molar-refractivity contribution in [2.45, 2.75) is 12.6 Å². The molecule has 3 rings (SSSR count). The molecule has 1 saturated heterocycles. The van der Waals surface area contributed by atoms with Crippen LogP contribution in [-0.2, 0) is 16.1 Å². The lowest BCUT2D eigenvalue weighted by Gasteiger charge is -2.27. The first-order chi connectivity index (χ1) is 14.0. The van der Waals surface area contributed by atoms with Crippen molar-refractivity contribution in [2.24, 2.45) is 0 Å². The van der Waals surface area contributed by atoms with Crippen LogP contribution in [0.25, 0.3) is 6.08 Å². The third kappa shape index (κ3) is 6.19. The van der Waals surface area contributed by atoms with E-state index in [9.17, 15) is 18.7 Å². The fourth-order valence-corrected chi connectivity index (χ4v) is 3.17. The third-order valence-corrected chi connectivity index (χ3v) is 4.73. The molecule has 1 aliphatic rings. The highest BCUT2D eigenvalue weighted by molar-refractivity contribution is 5.92. The van der Waals surface area contributed by atoms with E-state index in [0.717, 1.165) is 56.1 Å². The van der Waals surface area contributed by atoms with E-state index in [4.69, 9.17) is 4.74 Å². The molecular formula is C22H24F2N2O3. The summed E-state index contributed by atoms with van der Waals surface area (Å²) in [5.41, 5.74) is 2.26. The van der Waals surface area contributed by atoms with E-state index in [1.54, 1.807) is 0 Å². The molecular weight excluding hydrogens is 378 g/mol. The number of ether oxygens (including phenoxy) is 1. The molecule has 1 fully saturated rings. The Bertz CT molecular complexity index is 867. The lowest BCUT2D eigenvalue weighted by Crippen LogP contribution is -2.35. The van der Waals surface area contributed by atoms with Gasteiger partial charge in [0.1, 0.15) is 0 Å². The second kappa shape index (κ2) is 10.2. The summed E-state index contributed by atoms with van der Waals surface area (Å²) in [4.78, 5) is 14.5. The lowest BCUT2D eigenvalue weighted by atomic mass is 10.0. The van der Waals surface area contributed by atoms with Crippen LogP contribution in [-0.4, -0.2) is 48.8 Å². The van der Waals surface area contributed by atoms with Gasteiger partial charge in [0.25, 0.3) is 0 Å². The molecule has 0 radical (unpaired) electrons. The molecule has 0 aliphatic carbocycles. The predicted octanol–water partition coefficient (Wildman–Crippen LogP) is 2.66. The van der Waals surface area contributed by atoms with Crippen LogP contribution in [0, 0.1) is 11.6 Å². The summed E-state index contributed by atoms with van der Waals surface area (Å²) in [6.07, 6.45) is 2.62. The van der Waals surface area contributed by atoms with Gasteiger partial charge in [0.2, 0.25) is 5.91 Å². The van der Waals surface area contributed by atoms with E-state index in [0.29, 0.717) is 5.56 Å². The van der Waals surface area contributed by atoms with E-state index in [-0.39, 0.29) is 6.61 Å². The van der Waals surface area contributed by atoms with Gasteiger partial charge in [-0.15, -0.1) is 0 Å². The van der Waals surface area contributed by atoms with Crippen LogP contribution < -0.4 is 5.32 Å². The van der Waals surface area contributed by atoms with Crippen molar-refractivity contribution in [2.75, 3.05) is 32.9 Å². The Hall–Kier alpha value is -2.61. The second-order valence-electron chi connectivity index (χ2n) is 6.88. The maximum Gasteiger partial charge on any atom is 0.244 e. The highest BCUT2D eigenvalue weighted by Crippen LogP contribution is 2.17. The summed E-state index contributed by atoms with van der Waals surface area (Å²) in [5, 5.41) is 12.5. The van der Waals surface area contributed by atoms with Crippen molar-refractivity contribution in [3.8, 4) is 0 Å². The lowest BCUT2D eigenvalue weighted by molar-refractivity contribution is -0.117. The third-order valence-electron chi connectivity index (χ3n) is 4.73. The molecule has 2 aromatic rings. The molecule has 1 amide bonds. The van der Waals surface area contributed by atoms with Crippen LogP contribution in [0.15, 0.2) is 48.5 Å². The van der Waals surface area contributed by atoms with Crippen LogP contribution in [0.2, 0.25) is 0 Å². The number of hydrogen-bond donors (Lipinski definition) is 2. The Morgan fingerprint density at radius 2 is 1.97 bits per heavy atom. The second-order valence-corrected chi connectivity index (χ2v) is 6.88. The molecule has 0 spiro atoms. The van der Waals surface area contributed by atoms with Crippen molar-refractivity contribution >= 4 is 12.0 Å². The first-order valence-electron chi connectivity index (χ1n) is 9.48. The van der Waals surface area contributed by atoms with Crippen LogP contribution in [0.1, 0.15) is 22.7 Å². The van der Waals surface area contributed by atoms with Crippen molar-refractivity contribution in [1.29, 1.82) is 0 Å². The average molecular weight is 402 g/mol. The molecule has 5 nitrogen and oxygen atoms in total. The Kier molecular flexibility index (Phi) is 7.46. The Morgan fingerprint density at radius 1 is 1.17 bits per heavy atom. The van der Waals surface area contributed by atoms with Gasteiger partial charge in [-0.3, -0.25) is 9.69 Å². The number of aliphatic hydroxyl groups excluding tert-OH is 1. The largest absolute Gasteiger partial charge is 0.394 e. The molecule has 0 saturated carbocycles. The molecule has 154 valence electrons. The Morgan fingerprint density at radius 3 is 2.69 bits per heavy atom. The van der Waals surface area contributed by atoms with E-state index < -0.39 is 23.6 Å². The van der Waals surface area contributed by atoms with E-state index in [1.165, 1.54) is 18.2 Å². The Labute approximate surface area is 168 Å². The van der Waals surface area contributed by atoms with Crippen molar-refractivity contribution in [3.05, 3.63) is 76.9 Å². The minimum Gasteiger partial charge on any atom is -0.394 e. The van der Waals surface area contributed by atoms with Gasteiger partial charge in [0.15, 0.2) is 11.6 Å². The van der Waals surface area contributed by atoms with Gasteiger partial charge >= 0.3 is 0 Å². The molecule has 0 bridgehead atoms. The zero-order valence-corrected chi connectivity index (χ0v) is 16.0.